The minimum atomic E-state index is 0.0160. The second kappa shape index (κ2) is 8.07. The summed E-state index contributed by atoms with van der Waals surface area (Å²) in [4.78, 5) is 24.6. The van der Waals surface area contributed by atoms with Crippen LogP contribution < -0.4 is 0 Å². The minimum Gasteiger partial charge on any atom is -0.330 e. The molecule has 4 nitrogen and oxygen atoms in total. The van der Waals surface area contributed by atoms with Crippen molar-refractivity contribution < 1.29 is 4.79 Å². The van der Waals surface area contributed by atoms with Crippen LogP contribution in [-0.4, -0.2) is 27.3 Å². The van der Waals surface area contributed by atoms with E-state index in [1.807, 2.05) is 47.5 Å². The second-order valence-electron chi connectivity index (χ2n) is 7.79. The number of carbonyl (C=O) groups is 1. The highest BCUT2D eigenvalue weighted by atomic mass is 16.2. The predicted molar refractivity (Wildman–Crippen MR) is 118 cm³/mol. The van der Waals surface area contributed by atoms with E-state index in [0.29, 0.717) is 5.56 Å². The Balaban J connectivity index is 1.39. The number of amides is 1. The van der Waals surface area contributed by atoms with Crippen LogP contribution in [0.3, 0.4) is 0 Å². The van der Waals surface area contributed by atoms with Gasteiger partial charge in [-0.2, -0.15) is 0 Å². The summed E-state index contributed by atoms with van der Waals surface area (Å²) in [5.74, 6) is 0.0389. The van der Waals surface area contributed by atoms with E-state index >= 15 is 0 Å². The number of aromatic nitrogens is 2. The maximum Gasteiger partial charge on any atom is 0.256 e. The fourth-order valence-corrected chi connectivity index (χ4v) is 4.32. The van der Waals surface area contributed by atoms with Gasteiger partial charge in [-0.15, -0.1) is 0 Å². The Labute approximate surface area is 176 Å². The van der Waals surface area contributed by atoms with Gasteiger partial charge in [0, 0.05) is 24.3 Å². The monoisotopic (exact) mass is 393 g/mol. The van der Waals surface area contributed by atoms with Crippen molar-refractivity contribution in [2.45, 2.75) is 25.3 Å². The number of carbonyl (C=O) groups excluding carboxylic acids is 1. The number of benzene rings is 2. The van der Waals surface area contributed by atoms with Gasteiger partial charge in [-0.3, -0.25) is 14.8 Å². The highest BCUT2D eigenvalue weighted by Gasteiger charge is 2.32. The maximum atomic E-state index is 13.4. The van der Waals surface area contributed by atoms with Gasteiger partial charge in [-0.1, -0.05) is 54.6 Å². The normalized spacial score (nSPS) is 16.1. The van der Waals surface area contributed by atoms with Crippen molar-refractivity contribution in [3.05, 3.63) is 108 Å². The van der Waals surface area contributed by atoms with Gasteiger partial charge in [0.15, 0.2) is 0 Å². The van der Waals surface area contributed by atoms with Gasteiger partial charge in [0.1, 0.15) is 0 Å². The SMILES string of the molecule is O=C(c1cccc2cccnc12)N1CCC[C@H]1c1ccc(Cc2ccccc2)cn1. The van der Waals surface area contributed by atoms with Gasteiger partial charge >= 0.3 is 0 Å². The van der Waals surface area contributed by atoms with Gasteiger partial charge in [0.2, 0.25) is 0 Å². The fraction of sp³-hybridized carbons (Fsp3) is 0.192. The van der Waals surface area contributed by atoms with Crippen molar-refractivity contribution in [1.82, 2.24) is 14.9 Å². The van der Waals surface area contributed by atoms with Crippen molar-refractivity contribution >= 4 is 16.8 Å². The Kier molecular flexibility index (Phi) is 4.98. The number of para-hydroxylation sites is 1. The molecule has 2 aromatic carbocycles. The fourth-order valence-electron chi connectivity index (χ4n) is 4.32. The maximum absolute atomic E-state index is 13.4. The van der Waals surface area contributed by atoms with Gasteiger partial charge in [0.05, 0.1) is 22.8 Å². The van der Waals surface area contributed by atoms with Crippen LogP contribution >= 0.6 is 0 Å². The molecule has 1 aliphatic rings. The molecule has 3 heterocycles. The Morgan fingerprint density at radius 1 is 0.900 bits per heavy atom. The number of hydrogen-bond donors (Lipinski definition) is 0. The number of likely N-dealkylation sites (tertiary alicyclic amines) is 1. The number of hydrogen-bond acceptors (Lipinski definition) is 3. The largest absolute Gasteiger partial charge is 0.330 e. The summed E-state index contributed by atoms with van der Waals surface area (Å²) in [6.45, 7) is 0.750. The van der Waals surface area contributed by atoms with Gasteiger partial charge in [0.25, 0.3) is 5.91 Å². The van der Waals surface area contributed by atoms with Gasteiger partial charge in [-0.05, 0) is 48.6 Å². The number of rotatable bonds is 4. The topological polar surface area (TPSA) is 46.1 Å². The van der Waals surface area contributed by atoms with Crippen LogP contribution in [0.15, 0.2) is 85.2 Å². The zero-order chi connectivity index (χ0) is 20.3. The average Bonchev–Trinajstić information content (AvgIpc) is 3.29. The van der Waals surface area contributed by atoms with Crippen LogP contribution in [0.1, 0.15) is 46.1 Å². The average molecular weight is 393 g/mol. The highest BCUT2D eigenvalue weighted by molar-refractivity contribution is 6.05. The molecular formula is C26H23N3O. The Hall–Kier alpha value is -3.53. The van der Waals surface area contributed by atoms with Crippen LogP contribution in [0.4, 0.5) is 0 Å². The smallest absolute Gasteiger partial charge is 0.256 e. The first kappa shape index (κ1) is 18.5. The van der Waals surface area contributed by atoms with Crippen molar-refractivity contribution in [2.75, 3.05) is 6.54 Å². The van der Waals surface area contributed by atoms with E-state index in [1.165, 1.54) is 11.1 Å². The molecule has 0 N–H and O–H groups in total. The molecule has 30 heavy (non-hydrogen) atoms. The van der Waals surface area contributed by atoms with Crippen LogP contribution in [0.25, 0.3) is 10.9 Å². The van der Waals surface area contributed by atoms with Crippen LogP contribution in [-0.2, 0) is 6.42 Å². The molecule has 1 amide bonds. The summed E-state index contributed by atoms with van der Waals surface area (Å²) in [5.41, 5.74) is 4.85. The second-order valence-corrected chi connectivity index (χ2v) is 7.79. The standard InChI is InChI=1S/C26H23N3O/c30-26(22-11-4-9-21-10-5-15-27-25(21)22)29-16-6-12-24(29)23-14-13-20(18-28-23)17-19-7-2-1-3-8-19/h1-5,7-11,13-15,18,24H,6,12,16-17H2/t24-/m0/s1. The quantitative estimate of drug-likeness (QED) is 0.479. The summed E-state index contributed by atoms with van der Waals surface area (Å²) >= 11 is 0. The molecule has 1 atom stereocenters. The van der Waals surface area contributed by atoms with E-state index < -0.39 is 0 Å². The van der Waals surface area contributed by atoms with E-state index in [4.69, 9.17) is 4.98 Å². The summed E-state index contributed by atoms with van der Waals surface area (Å²) < 4.78 is 0. The third kappa shape index (κ3) is 3.57. The van der Waals surface area contributed by atoms with Gasteiger partial charge in [-0.25, -0.2) is 0 Å². The predicted octanol–water partition coefficient (Wildman–Crippen LogP) is 5.20. The minimum absolute atomic E-state index is 0.0160. The van der Waals surface area contributed by atoms with E-state index in [1.54, 1.807) is 6.20 Å². The molecule has 4 heteroatoms. The van der Waals surface area contributed by atoms with Crippen molar-refractivity contribution in [3.63, 3.8) is 0 Å². The number of fused-ring (bicyclic) bond motifs is 1. The highest BCUT2D eigenvalue weighted by Crippen LogP contribution is 2.33. The molecule has 0 spiro atoms. The molecule has 0 radical (unpaired) electrons. The molecule has 0 bridgehead atoms. The van der Waals surface area contributed by atoms with E-state index in [0.717, 1.165) is 42.4 Å². The first-order valence-electron chi connectivity index (χ1n) is 10.4. The first-order chi connectivity index (χ1) is 14.8. The number of pyridine rings is 2. The summed E-state index contributed by atoms with van der Waals surface area (Å²) in [6.07, 6.45) is 6.48. The third-order valence-corrected chi connectivity index (χ3v) is 5.82. The first-order valence-corrected chi connectivity index (χ1v) is 10.4. The van der Waals surface area contributed by atoms with Crippen molar-refractivity contribution in [2.24, 2.45) is 0 Å². The van der Waals surface area contributed by atoms with E-state index in [9.17, 15) is 4.79 Å². The van der Waals surface area contributed by atoms with Gasteiger partial charge < -0.3 is 4.90 Å². The molecular weight excluding hydrogens is 370 g/mol. The molecule has 0 unspecified atom stereocenters. The van der Waals surface area contributed by atoms with Crippen molar-refractivity contribution in [3.8, 4) is 0 Å². The van der Waals surface area contributed by atoms with Crippen molar-refractivity contribution in [1.29, 1.82) is 0 Å². The lowest BCUT2D eigenvalue weighted by molar-refractivity contribution is 0.0734. The Morgan fingerprint density at radius 3 is 2.60 bits per heavy atom. The van der Waals surface area contributed by atoms with Crippen LogP contribution in [0.5, 0.6) is 0 Å². The molecule has 2 aromatic heterocycles. The lowest BCUT2D eigenvalue weighted by atomic mass is 10.0. The molecule has 148 valence electrons. The molecule has 1 saturated heterocycles. The lowest BCUT2D eigenvalue weighted by Gasteiger charge is -2.25. The van der Waals surface area contributed by atoms with Crippen LogP contribution in [0, 0.1) is 0 Å². The summed E-state index contributed by atoms with van der Waals surface area (Å²) in [5, 5.41) is 0.988. The number of nitrogens with zero attached hydrogens (tertiary/aromatic N) is 3. The van der Waals surface area contributed by atoms with E-state index in [2.05, 4.69) is 41.4 Å². The lowest BCUT2D eigenvalue weighted by Crippen LogP contribution is -2.31. The molecule has 1 fully saturated rings. The zero-order valence-corrected chi connectivity index (χ0v) is 16.7. The third-order valence-electron chi connectivity index (χ3n) is 5.82. The molecule has 4 aromatic rings. The summed E-state index contributed by atoms with van der Waals surface area (Å²) in [7, 11) is 0. The van der Waals surface area contributed by atoms with E-state index in [-0.39, 0.29) is 11.9 Å². The molecule has 1 aliphatic heterocycles. The Morgan fingerprint density at radius 2 is 1.77 bits per heavy atom. The molecule has 0 aliphatic carbocycles. The summed E-state index contributed by atoms with van der Waals surface area (Å²) in [6, 6.07) is 24.3. The Bertz CT molecular complexity index is 1170. The zero-order valence-electron chi connectivity index (χ0n) is 16.7. The molecule has 5 rings (SSSR count). The van der Waals surface area contributed by atoms with Crippen LogP contribution in [0.2, 0.25) is 0 Å². The molecule has 0 saturated carbocycles.